The number of hydrogen-bond acceptors (Lipinski definition) is 5. The molecule has 3 heterocycles. The molecule has 0 aliphatic carbocycles. The van der Waals surface area contributed by atoms with Crippen molar-refractivity contribution in [3.63, 3.8) is 0 Å². The molecule has 0 bridgehead atoms. The third-order valence-corrected chi connectivity index (χ3v) is 6.21. The quantitative estimate of drug-likeness (QED) is 0.772. The lowest BCUT2D eigenvalue weighted by molar-refractivity contribution is -0.131. The minimum Gasteiger partial charge on any atom is -0.435 e. The summed E-state index contributed by atoms with van der Waals surface area (Å²) in [5.74, 6) is 1.70. The highest BCUT2D eigenvalue weighted by molar-refractivity contribution is 5.92. The second-order valence-corrected chi connectivity index (χ2v) is 8.33. The first-order valence-electron chi connectivity index (χ1n) is 10.6. The standard InChI is InChI=1S/C21H34N4O3/c1-5-18-22-15(2)20(28-18)21(27)24-12-9-16(10-13-24)17-8-6-7-11-25(17)14-19(26)23(3)4/h16-17H,5-14H2,1-4H3/t17-/m0/s1. The van der Waals surface area contributed by atoms with E-state index in [1.807, 2.05) is 32.8 Å². The molecule has 2 amide bonds. The molecule has 0 radical (unpaired) electrons. The van der Waals surface area contributed by atoms with Gasteiger partial charge in [0.1, 0.15) is 0 Å². The maximum Gasteiger partial charge on any atom is 0.291 e. The molecule has 156 valence electrons. The van der Waals surface area contributed by atoms with Gasteiger partial charge in [-0.3, -0.25) is 14.5 Å². The number of likely N-dealkylation sites (N-methyl/N-ethyl adjacent to an activating group) is 1. The summed E-state index contributed by atoms with van der Waals surface area (Å²) in [5.41, 5.74) is 0.685. The minimum atomic E-state index is -0.0357. The second kappa shape index (κ2) is 9.07. The summed E-state index contributed by atoms with van der Waals surface area (Å²) in [4.78, 5) is 35.3. The summed E-state index contributed by atoms with van der Waals surface area (Å²) < 4.78 is 5.65. The van der Waals surface area contributed by atoms with E-state index >= 15 is 0 Å². The molecule has 1 aromatic rings. The number of rotatable bonds is 5. The van der Waals surface area contributed by atoms with Crippen molar-refractivity contribution in [2.75, 3.05) is 40.3 Å². The summed E-state index contributed by atoms with van der Waals surface area (Å²) in [5, 5.41) is 0. The van der Waals surface area contributed by atoms with E-state index in [2.05, 4.69) is 9.88 Å². The van der Waals surface area contributed by atoms with E-state index in [1.54, 1.807) is 4.90 Å². The van der Waals surface area contributed by atoms with Gasteiger partial charge in [0.2, 0.25) is 11.7 Å². The van der Waals surface area contributed by atoms with Crippen LogP contribution in [0.5, 0.6) is 0 Å². The molecule has 2 fully saturated rings. The van der Waals surface area contributed by atoms with Crippen LogP contribution in [0.15, 0.2) is 4.42 Å². The van der Waals surface area contributed by atoms with Crippen LogP contribution in [0, 0.1) is 12.8 Å². The molecular weight excluding hydrogens is 356 g/mol. The third-order valence-electron chi connectivity index (χ3n) is 6.21. The van der Waals surface area contributed by atoms with Crippen LogP contribution in [0.1, 0.15) is 61.2 Å². The molecule has 2 aliphatic rings. The van der Waals surface area contributed by atoms with Gasteiger partial charge in [0.05, 0.1) is 12.2 Å². The summed E-state index contributed by atoms with van der Waals surface area (Å²) in [6, 6.07) is 0.452. The zero-order valence-electron chi connectivity index (χ0n) is 17.7. The lowest BCUT2D eigenvalue weighted by atomic mass is 9.83. The zero-order valence-corrected chi connectivity index (χ0v) is 17.7. The summed E-state index contributed by atoms with van der Waals surface area (Å²) in [6.45, 7) is 6.81. The molecule has 1 aromatic heterocycles. The normalized spacial score (nSPS) is 21.7. The second-order valence-electron chi connectivity index (χ2n) is 8.33. The van der Waals surface area contributed by atoms with Crippen molar-refractivity contribution in [3.05, 3.63) is 17.3 Å². The molecule has 3 rings (SSSR count). The fourth-order valence-electron chi connectivity index (χ4n) is 4.49. The molecule has 7 heteroatoms. The number of aromatic nitrogens is 1. The van der Waals surface area contributed by atoms with Gasteiger partial charge in [-0.1, -0.05) is 13.3 Å². The Labute approximate surface area is 168 Å². The van der Waals surface area contributed by atoms with E-state index in [0.717, 1.165) is 38.9 Å². The van der Waals surface area contributed by atoms with Gasteiger partial charge in [-0.15, -0.1) is 0 Å². The van der Waals surface area contributed by atoms with Gasteiger partial charge in [-0.05, 0) is 45.1 Å². The van der Waals surface area contributed by atoms with E-state index in [9.17, 15) is 9.59 Å². The summed E-state index contributed by atoms with van der Waals surface area (Å²) in [7, 11) is 3.64. The number of piperidine rings is 2. The van der Waals surface area contributed by atoms with Crippen LogP contribution >= 0.6 is 0 Å². The van der Waals surface area contributed by atoms with Crippen molar-refractivity contribution in [1.29, 1.82) is 0 Å². The van der Waals surface area contributed by atoms with Gasteiger partial charge in [-0.2, -0.15) is 0 Å². The topological polar surface area (TPSA) is 69.9 Å². The summed E-state index contributed by atoms with van der Waals surface area (Å²) >= 11 is 0. The van der Waals surface area contributed by atoms with Crippen LogP contribution < -0.4 is 0 Å². The first-order valence-corrected chi connectivity index (χ1v) is 10.6. The molecular formula is C21H34N4O3. The molecule has 0 unspecified atom stereocenters. The Morgan fingerprint density at radius 2 is 1.86 bits per heavy atom. The van der Waals surface area contributed by atoms with E-state index < -0.39 is 0 Å². The summed E-state index contributed by atoms with van der Waals surface area (Å²) in [6.07, 6.45) is 6.21. The largest absolute Gasteiger partial charge is 0.435 e. The van der Waals surface area contributed by atoms with Crippen molar-refractivity contribution in [3.8, 4) is 0 Å². The first-order chi connectivity index (χ1) is 13.4. The Kier molecular flexibility index (Phi) is 6.75. The number of aryl methyl sites for hydroxylation is 2. The number of carbonyl (C=O) groups excluding carboxylic acids is 2. The molecule has 2 saturated heterocycles. The van der Waals surface area contributed by atoms with Crippen LogP contribution in [0.25, 0.3) is 0 Å². The molecule has 7 nitrogen and oxygen atoms in total. The molecule has 28 heavy (non-hydrogen) atoms. The van der Waals surface area contributed by atoms with Crippen LogP contribution in [0.4, 0.5) is 0 Å². The highest BCUT2D eigenvalue weighted by Gasteiger charge is 2.35. The number of hydrogen-bond donors (Lipinski definition) is 0. The van der Waals surface area contributed by atoms with Crippen LogP contribution in [0.2, 0.25) is 0 Å². The maximum absolute atomic E-state index is 12.8. The predicted molar refractivity (Wildman–Crippen MR) is 107 cm³/mol. The SMILES string of the molecule is CCc1nc(C)c(C(=O)N2CCC([C@@H]3CCCCN3CC(=O)N(C)C)CC2)o1. The highest BCUT2D eigenvalue weighted by atomic mass is 16.4. The van der Waals surface area contributed by atoms with Gasteiger partial charge >= 0.3 is 0 Å². The van der Waals surface area contributed by atoms with Crippen LogP contribution in [0.3, 0.4) is 0 Å². The van der Waals surface area contributed by atoms with Crippen molar-refractivity contribution in [2.45, 2.75) is 58.4 Å². The van der Waals surface area contributed by atoms with Crippen molar-refractivity contribution >= 4 is 11.8 Å². The first kappa shape index (κ1) is 20.8. The van der Waals surface area contributed by atoms with Crippen molar-refractivity contribution < 1.29 is 14.0 Å². The number of carbonyl (C=O) groups is 2. The van der Waals surface area contributed by atoms with Gasteiger partial charge < -0.3 is 14.2 Å². The van der Waals surface area contributed by atoms with Gasteiger partial charge in [0.25, 0.3) is 5.91 Å². The number of amides is 2. The van der Waals surface area contributed by atoms with Gasteiger partial charge in [-0.25, -0.2) is 4.98 Å². The van der Waals surface area contributed by atoms with E-state index in [-0.39, 0.29) is 11.8 Å². The number of likely N-dealkylation sites (tertiary alicyclic amines) is 2. The number of oxazole rings is 1. The smallest absolute Gasteiger partial charge is 0.291 e. The fraction of sp³-hybridized carbons (Fsp3) is 0.762. The minimum absolute atomic E-state index is 0.0357. The molecule has 1 atom stereocenters. The van der Waals surface area contributed by atoms with Crippen molar-refractivity contribution in [1.82, 2.24) is 19.7 Å². The lowest BCUT2D eigenvalue weighted by Gasteiger charge is -2.43. The van der Waals surface area contributed by atoms with Crippen LogP contribution in [-0.4, -0.2) is 77.8 Å². The van der Waals surface area contributed by atoms with E-state index in [4.69, 9.17) is 4.42 Å². The Hall–Kier alpha value is -1.89. The lowest BCUT2D eigenvalue weighted by Crippen LogP contribution is -2.51. The predicted octanol–water partition coefficient (Wildman–Crippen LogP) is 2.34. The third kappa shape index (κ3) is 4.57. The molecule has 0 N–H and O–H groups in total. The van der Waals surface area contributed by atoms with Crippen LogP contribution in [-0.2, 0) is 11.2 Å². The zero-order chi connectivity index (χ0) is 20.3. The maximum atomic E-state index is 12.8. The van der Waals surface area contributed by atoms with Gasteiger partial charge in [0.15, 0.2) is 5.89 Å². The molecule has 0 aromatic carbocycles. The van der Waals surface area contributed by atoms with Gasteiger partial charge in [0, 0.05) is 39.6 Å². The van der Waals surface area contributed by atoms with Crippen molar-refractivity contribution in [2.24, 2.45) is 5.92 Å². The van der Waals surface area contributed by atoms with E-state index in [1.165, 1.54) is 12.8 Å². The Bertz CT molecular complexity index is 692. The highest BCUT2D eigenvalue weighted by Crippen LogP contribution is 2.31. The number of nitrogens with zero attached hydrogens (tertiary/aromatic N) is 4. The molecule has 2 aliphatic heterocycles. The Morgan fingerprint density at radius 1 is 1.14 bits per heavy atom. The average Bonchev–Trinajstić information content (AvgIpc) is 3.08. The Balaban J connectivity index is 1.59. The Morgan fingerprint density at radius 3 is 2.46 bits per heavy atom. The monoisotopic (exact) mass is 390 g/mol. The van der Waals surface area contributed by atoms with E-state index in [0.29, 0.717) is 42.3 Å². The fourth-order valence-corrected chi connectivity index (χ4v) is 4.49. The average molecular weight is 391 g/mol. The molecule has 0 spiro atoms. The molecule has 0 saturated carbocycles.